The molecule has 2 amide bonds. The molecule has 2 rings (SSSR count). The highest BCUT2D eigenvalue weighted by Crippen LogP contribution is 2.16. The summed E-state index contributed by atoms with van der Waals surface area (Å²) in [5.74, 6) is -0.823. The van der Waals surface area contributed by atoms with E-state index in [-0.39, 0.29) is 18.4 Å². The largest absolute Gasteiger partial charge is 0.459 e. The fourth-order valence-corrected chi connectivity index (χ4v) is 3.87. The molecule has 33 heavy (non-hydrogen) atoms. The molecule has 0 unspecified atom stereocenters. The van der Waals surface area contributed by atoms with Crippen LogP contribution in [0.5, 0.6) is 0 Å². The second-order valence-corrected chi connectivity index (χ2v) is 10.2. The second-order valence-electron chi connectivity index (χ2n) is 9.18. The Balaban J connectivity index is 2.01. The Kier molecular flexibility index (Phi) is 10.1. The predicted molar refractivity (Wildman–Crippen MR) is 133 cm³/mol. The summed E-state index contributed by atoms with van der Waals surface area (Å²) in [5, 5.41) is 4.90. The number of likely N-dealkylation sites (N-methyl/N-ethyl adjacent to an activating group) is 1. The minimum Gasteiger partial charge on any atom is -0.459 e. The van der Waals surface area contributed by atoms with Gasteiger partial charge in [-0.3, -0.25) is 14.4 Å². The number of hydrogen-bond acceptors (Lipinski definition) is 6. The first-order valence-electron chi connectivity index (χ1n) is 11.1. The van der Waals surface area contributed by atoms with Crippen LogP contribution in [0.1, 0.15) is 48.8 Å². The van der Waals surface area contributed by atoms with Crippen LogP contribution in [-0.4, -0.2) is 66.9 Å². The van der Waals surface area contributed by atoms with Crippen molar-refractivity contribution in [3.63, 3.8) is 0 Å². The molecular weight excluding hydrogens is 438 g/mol. The number of esters is 1. The van der Waals surface area contributed by atoms with Gasteiger partial charge in [0.2, 0.25) is 5.91 Å². The molecule has 1 N–H and O–H groups in total. The van der Waals surface area contributed by atoms with E-state index < -0.39 is 11.6 Å². The van der Waals surface area contributed by atoms with E-state index in [1.165, 1.54) is 9.78 Å². The van der Waals surface area contributed by atoms with Crippen molar-refractivity contribution in [1.29, 1.82) is 0 Å². The van der Waals surface area contributed by atoms with Crippen molar-refractivity contribution in [1.82, 2.24) is 9.80 Å². The topological polar surface area (TPSA) is 79.0 Å². The molecular formula is C25H35N3O4S. The molecule has 1 aromatic heterocycles. The molecule has 2 aromatic rings. The summed E-state index contributed by atoms with van der Waals surface area (Å²) >= 11 is 1.69. The number of thiophene rings is 1. The smallest absolute Gasteiger partial charge is 0.326 e. The Morgan fingerprint density at radius 1 is 1.06 bits per heavy atom. The number of nitrogens with one attached hydrogen (secondary N) is 1. The summed E-state index contributed by atoms with van der Waals surface area (Å²) in [4.78, 5) is 42.6. The lowest BCUT2D eigenvalue weighted by Crippen LogP contribution is -2.42. The molecule has 0 saturated heterocycles. The number of hydrogen-bond donors (Lipinski definition) is 1. The van der Waals surface area contributed by atoms with Crippen LogP contribution in [0.2, 0.25) is 0 Å². The average molecular weight is 474 g/mol. The summed E-state index contributed by atoms with van der Waals surface area (Å²) in [5.41, 5.74) is 0.349. The zero-order valence-corrected chi connectivity index (χ0v) is 21.0. The van der Waals surface area contributed by atoms with Crippen LogP contribution in [0.15, 0.2) is 41.8 Å². The van der Waals surface area contributed by atoms with E-state index in [0.717, 1.165) is 12.8 Å². The molecule has 0 spiro atoms. The highest BCUT2D eigenvalue weighted by Gasteiger charge is 2.23. The molecule has 0 aliphatic rings. The van der Waals surface area contributed by atoms with E-state index in [1.807, 2.05) is 30.4 Å². The quantitative estimate of drug-likeness (QED) is 0.498. The normalized spacial score (nSPS) is 11.3. The number of rotatable bonds is 11. The van der Waals surface area contributed by atoms with Gasteiger partial charge in [0.05, 0.1) is 0 Å². The molecule has 0 aliphatic heterocycles. The van der Waals surface area contributed by atoms with E-state index in [4.69, 9.17) is 4.74 Å². The van der Waals surface area contributed by atoms with Crippen LogP contribution in [0, 0.1) is 0 Å². The van der Waals surface area contributed by atoms with Gasteiger partial charge in [-0.05, 0) is 77.4 Å². The number of carbonyl (C=O) groups is 3. The third-order valence-corrected chi connectivity index (χ3v) is 5.58. The van der Waals surface area contributed by atoms with Gasteiger partial charge in [0.15, 0.2) is 0 Å². The Bertz CT molecular complexity index is 920. The summed E-state index contributed by atoms with van der Waals surface area (Å²) in [6, 6.07) is 10.9. The van der Waals surface area contributed by atoms with Gasteiger partial charge in [0.25, 0.3) is 5.91 Å². The molecule has 0 radical (unpaired) electrons. The molecule has 1 aromatic carbocycles. The van der Waals surface area contributed by atoms with Gasteiger partial charge < -0.3 is 19.9 Å². The van der Waals surface area contributed by atoms with Crippen molar-refractivity contribution in [3.05, 3.63) is 52.2 Å². The van der Waals surface area contributed by atoms with Crippen LogP contribution in [0.3, 0.4) is 0 Å². The zero-order chi connectivity index (χ0) is 24.4. The summed E-state index contributed by atoms with van der Waals surface area (Å²) in [7, 11) is 3.81. The molecule has 0 fully saturated rings. The predicted octanol–water partition coefficient (Wildman–Crippen LogP) is 4.06. The second kappa shape index (κ2) is 12.5. The van der Waals surface area contributed by atoms with Gasteiger partial charge in [-0.25, -0.2) is 0 Å². The number of aryl methyl sites for hydroxylation is 1. The van der Waals surface area contributed by atoms with Crippen LogP contribution < -0.4 is 5.32 Å². The molecule has 7 nitrogen and oxygen atoms in total. The number of carbonyl (C=O) groups excluding carboxylic acids is 3. The highest BCUT2D eigenvalue weighted by molar-refractivity contribution is 7.09. The van der Waals surface area contributed by atoms with E-state index in [1.54, 1.807) is 56.4 Å². The van der Waals surface area contributed by atoms with Crippen LogP contribution in [0.25, 0.3) is 0 Å². The van der Waals surface area contributed by atoms with E-state index >= 15 is 0 Å². The summed E-state index contributed by atoms with van der Waals surface area (Å²) < 4.78 is 5.40. The minimum atomic E-state index is -0.624. The lowest BCUT2D eigenvalue weighted by atomic mass is 10.1. The van der Waals surface area contributed by atoms with Crippen molar-refractivity contribution in [2.75, 3.05) is 39.0 Å². The maximum Gasteiger partial charge on any atom is 0.326 e. The van der Waals surface area contributed by atoms with Crippen molar-refractivity contribution in [2.45, 2.75) is 45.6 Å². The molecule has 1 heterocycles. The van der Waals surface area contributed by atoms with Gasteiger partial charge in [-0.15, -0.1) is 11.3 Å². The molecule has 0 atom stereocenters. The number of amides is 2. The fraction of sp³-hybridized carbons (Fsp3) is 0.480. The molecule has 180 valence electrons. The number of nitrogens with zero attached hydrogens (tertiary/aromatic N) is 2. The van der Waals surface area contributed by atoms with Gasteiger partial charge in [0.1, 0.15) is 12.1 Å². The van der Waals surface area contributed by atoms with Crippen molar-refractivity contribution in [3.8, 4) is 0 Å². The molecule has 0 saturated carbocycles. The monoisotopic (exact) mass is 473 g/mol. The lowest BCUT2D eigenvalue weighted by Gasteiger charge is -2.26. The minimum absolute atomic E-state index is 0.0885. The Morgan fingerprint density at radius 2 is 1.82 bits per heavy atom. The van der Waals surface area contributed by atoms with Gasteiger partial charge in [0, 0.05) is 35.6 Å². The Morgan fingerprint density at radius 3 is 2.45 bits per heavy atom. The molecule has 0 aliphatic carbocycles. The third-order valence-electron chi connectivity index (χ3n) is 4.64. The van der Waals surface area contributed by atoms with Gasteiger partial charge in [-0.1, -0.05) is 12.1 Å². The van der Waals surface area contributed by atoms with E-state index in [9.17, 15) is 14.4 Å². The summed E-state index contributed by atoms with van der Waals surface area (Å²) in [6.45, 7) is 6.24. The standard InChI is InChI=1S/C25H35N3O4S/c1-25(2,3)32-23(30)18-28(15-14-27(4)5)24(31)19-9-6-10-20(17-19)26-22(29)13-7-11-21-12-8-16-33-21/h6,8-10,12,16-17H,7,11,13-15,18H2,1-5H3,(H,26,29). The van der Waals surface area contributed by atoms with Crippen LogP contribution >= 0.6 is 11.3 Å². The lowest BCUT2D eigenvalue weighted by molar-refractivity contribution is -0.155. The van der Waals surface area contributed by atoms with Crippen LogP contribution in [0.4, 0.5) is 5.69 Å². The van der Waals surface area contributed by atoms with E-state index in [2.05, 4.69) is 11.4 Å². The highest BCUT2D eigenvalue weighted by atomic mass is 32.1. The van der Waals surface area contributed by atoms with Crippen molar-refractivity contribution >= 4 is 34.8 Å². The maximum absolute atomic E-state index is 13.2. The van der Waals surface area contributed by atoms with Crippen molar-refractivity contribution in [2.24, 2.45) is 0 Å². The molecule has 0 bridgehead atoms. The Labute approximate surface area is 200 Å². The van der Waals surface area contributed by atoms with Gasteiger partial charge in [-0.2, -0.15) is 0 Å². The first-order valence-corrected chi connectivity index (χ1v) is 12.0. The van der Waals surface area contributed by atoms with Crippen LogP contribution in [-0.2, 0) is 20.7 Å². The summed E-state index contributed by atoms with van der Waals surface area (Å²) in [6.07, 6.45) is 2.04. The third kappa shape index (κ3) is 10.2. The maximum atomic E-state index is 13.2. The van der Waals surface area contributed by atoms with Gasteiger partial charge >= 0.3 is 5.97 Å². The Hall–Kier alpha value is -2.71. The first-order chi connectivity index (χ1) is 15.5. The van der Waals surface area contributed by atoms with E-state index in [0.29, 0.717) is 30.8 Å². The van der Waals surface area contributed by atoms with Crippen molar-refractivity contribution < 1.29 is 19.1 Å². The zero-order valence-electron chi connectivity index (χ0n) is 20.2. The SMILES string of the molecule is CN(C)CCN(CC(=O)OC(C)(C)C)C(=O)c1cccc(NC(=O)CCCc2cccs2)c1. The first kappa shape index (κ1) is 26.5. The fourth-order valence-electron chi connectivity index (χ4n) is 3.12. The number of benzene rings is 1. The number of anilines is 1. The molecule has 8 heteroatoms. The number of ether oxygens (including phenoxy) is 1. The average Bonchev–Trinajstić information content (AvgIpc) is 3.23.